The van der Waals surface area contributed by atoms with Gasteiger partial charge in [0.05, 0.1) is 18.8 Å². The SMILES string of the molecule is NC(CO)(CCCc1ccc(Sc2cccc(O)c2)cc1Cl)COP(=O)(O)O. The maximum absolute atomic E-state index is 10.8. The van der Waals surface area contributed by atoms with Gasteiger partial charge < -0.3 is 25.7 Å². The summed E-state index contributed by atoms with van der Waals surface area (Å²) in [6.07, 6.45) is 1.45. The van der Waals surface area contributed by atoms with Crippen LogP contribution in [0.5, 0.6) is 5.75 Å². The Bertz CT molecular complexity index is 849. The lowest BCUT2D eigenvalue weighted by molar-refractivity contribution is 0.100. The Kier molecular flexibility index (Phi) is 8.36. The lowest BCUT2D eigenvalue weighted by Gasteiger charge is -2.27. The molecule has 0 fully saturated rings. The van der Waals surface area contributed by atoms with Crippen LogP contribution in [0.1, 0.15) is 18.4 Å². The molecule has 0 spiro atoms. The molecular weight excluding hydrogens is 425 g/mol. The first-order chi connectivity index (χ1) is 13.1. The number of halogens is 1. The van der Waals surface area contributed by atoms with E-state index in [4.69, 9.17) is 27.1 Å². The Hall–Kier alpha value is -1.09. The van der Waals surface area contributed by atoms with E-state index < -0.39 is 26.6 Å². The second kappa shape index (κ2) is 10.1. The zero-order chi connectivity index (χ0) is 20.8. The average molecular weight is 448 g/mol. The predicted octanol–water partition coefficient (Wildman–Crippen LogP) is 3.32. The van der Waals surface area contributed by atoms with Gasteiger partial charge >= 0.3 is 7.82 Å². The molecule has 154 valence electrons. The van der Waals surface area contributed by atoms with Crippen LogP contribution in [-0.2, 0) is 15.5 Å². The maximum Gasteiger partial charge on any atom is 0.469 e. The van der Waals surface area contributed by atoms with Crippen LogP contribution in [0.2, 0.25) is 5.02 Å². The first-order valence-electron chi connectivity index (χ1n) is 8.45. The Morgan fingerprint density at radius 3 is 2.50 bits per heavy atom. The van der Waals surface area contributed by atoms with Crippen LogP contribution in [0.3, 0.4) is 0 Å². The van der Waals surface area contributed by atoms with E-state index in [1.54, 1.807) is 18.2 Å². The minimum absolute atomic E-state index is 0.199. The molecule has 0 heterocycles. The third kappa shape index (κ3) is 7.73. The number of aliphatic hydroxyl groups is 1. The van der Waals surface area contributed by atoms with E-state index >= 15 is 0 Å². The van der Waals surface area contributed by atoms with E-state index in [1.807, 2.05) is 24.3 Å². The van der Waals surface area contributed by atoms with Crippen LogP contribution in [0.25, 0.3) is 0 Å². The first-order valence-corrected chi connectivity index (χ1v) is 11.2. The van der Waals surface area contributed by atoms with E-state index in [2.05, 4.69) is 4.52 Å². The first kappa shape index (κ1) is 23.2. The van der Waals surface area contributed by atoms with Crippen LogP contribution in [-0.4, -0.2) is 38.8 Å². The number of phenolic OH excluding ortho intramolecular Hbond substituents is 1. The Labute approximate surface area is 172 Å². The highest BCUT2D eigenvalue weighted by molar-refractivity contribution is 7.99. The molecule has 1 atom stereocenters. The summed E-state index contributed by atoms with van der Waals surface area (Å²) >= 11 is 7.84. The maximum atomic E-state index is 10.8. The van der Waals surface area contributed by atoms with Crippen molar-refractivity contribution in [3.05, 3.63) is 53.1 Å². The number of phenols is 1. The molecule has 0 aromatic heterocycles. The molecule has 0 saturated heterocycles. The topological polar surface area (TPSA) is 133 Å². The molecule has 7 nitrogen and oxygen atoms in total. The molecule has 0 amide bonds. The number of hydrogen-bond acceptors (Lipinski definition) is 6. The van der Waals surface area contributed by atoms with Crippen LogP contribution in [0.15, 0.2) is 52.3 Å². The Morgan fingerprint density at radius 1 is 1.18 bits per heavy atom. The Balaban J connectivity index is 1.92. The normalized spacial score (nSPS) is 14.0. The summed E-state index contributed by atoms with van der Waals surface area (Å²) in [5.41, 5.74) is 5.62. The van der Waals surface area contributed by atoms with Crippen LogP contribution >= 0.6 is 31.2 Å². The molecule has 0 aliphatic carbocycles. The number of aromatic hydroxyl groups is 1. The zero-order valence-electron chi connectivity index (χ0n) is 15.0. The number of aryl methyl sites for hydroxylation is 1. The molecule has 28 heavy (non-hydrogen) atoms. The molecule has 0 radical (unpaired) electrons. The van der Waals surface area contributed by atoms with Gasteiger partial charge in [0.2, 0.25) is 0 Å². The third-order valence-electron chi connectivity index (χ3n) is 4.03. The second-order valence-corrected chi connectivity index (χ2v) is 9.28. The van der Waals surface area contributed by atoms with E-state index in [1.165, 1.54) is 11.8 Å². The van der Waals surface area contributed by atoms with Gasteiger partial charge in [-0.25, -0.2) is 4.57 Å². The van der Waals surface area contributed by atoms with Gasteiger partial charge in [0.1, 0.15) is 5.75 Å². The monoisotopic (exact) mass is 447 g/mol. The fourth-order valence-corrected chi connectivity index (χ4v) is 4.19. The molecule has 2 aromatic rings. The highest BCUT2D eigenvalue weighted by atomic mass is 35.5. The summed E-state index contributed by atoms with van der Waals surface area (Å²) in [5.74, 6) is 0.199. The number of hydrogen-bond donors (Lipinski definition) is 5. The molecule has 6 N–H and O–H groups in total. The van der Waals surface area contributed by atoms with Gasteiger partial charge in [-0.1, -0.05) is 35.5 Å². The quantitative estimate of drug-likeness (QED) is 0.350. The van der Waals surface area contributed by atoms with Crippen molar-refractivity contribution in [2.24, 2.45) is 5.73 Å². The van der Waals surface area contributed by atoms with Crippen LogP contribution in [0, 0.1) is 0 Å². The number of phosphoric acid groups is 1. The molecule has 10 heteroatoms. The van der Waals surface area contributed by atoms with Gasteiger partial charge in [-0.05, 0) is 55.2 Å². The van der Waals surface area contributed by atoms with E-state index in [0.29, 0.717) is 24.3 Å². The van der Waals surface area contributed by atoms with Gasteiger partial charge in [-0.2, -0.15) is 0 Å². The van der Waals surface area contributed by atoms with Gasteiger partial charge in [0.15, 0.2) is 0 Å². The van der Waals surface area contributed by atoms with Crippen molar-refractivity contribution in [3.8, 4) is 5.75 Å². The van der Waals surface area contributed by atoms with Gasteiger partial charge in [0.25, 0.3) is 0 Å². The molecule has 0 saturated carbocycles. The standard InChI is InChI=1S/C18H23ClNO6PS/c19-17-10-16(28-15-5-1-4-14(22)9-15)7-6-13(17)3-2-8-18(20,11-21)12-26-27(23,24)25/h1,4-7,9-10,21-22H,2-3,8,11-12,20H2,(H2,23,24,25). The fraction of sp³-hybridized carbons (Fsp3) is 0.333. The predicted molar refractivity (Wildman–Crippen MR) is 109 cm³/mol. The van der Waals surface area contributed by atoms with Crippen molar-refractivity contribution in [2.45, 2.75) is 34.6 Å². The third-order valence-corrected chi connectivity index (χ3v) is 5.83. The van der Waals surface area contributed by atoms with Crippen molar-refractivity contribution in [1.29, 1.82) is 0 Å². The molecule has 0 aliphatic heterocycles. The lowest BCUT2D eigenvalue weighted by Crippen LogP contribution is -2.47. The van der Waals surface area contributed by atoms with Gasteiger partial charge in [-0.15, -0.1) is 0 Å². The molecule has 2 rings (SSSR count). The van der Waals surface area contributed by atoms with E-state index in [0.717, 1.165) is 15.4 Å². The van der Waals surface area contributed by atoms with Crippen molar-refractivity contribution < 1.29 is 29.1 Å². The highest BCUT2D eigenvalue weighted by Gasteiger charge is 2.28. The Morgan fingerprint density at radius 2 is 1.89 bits per heavy atom. The number of rotatable bonds is 10. The second-order valence-electron chi connectivity index (χ2n) is 6.49. The summed E-state index contributed by atoms with van der Waals surface area (Å²) in [7, 11) is -4.64. The summed E-state index contributed by atoms with van der Waals surface area (Å²) in [5, 5.41) is 19.5. The van der Waals surface area contributed by atoms with E-state index in [9.17, 15) is 14.8 Å². The van der Waals surface area contributed by atoms with Crippen molar-refractivity contribution >= 4 is 31.2 Å². The van der Waals surface area contributed by atoms with Crippen LogP contribution < -0.4 is 5.73 Å². The van der Waals surface area contributed by atoms with Crippen molar-refractivity contribution in [3.63, 3.8) is 0 Å². The number of phosphoric ester groups is 1. The molecule has 0 bridgehead atoms. The van der Waals surface area contributed by atoms with Gasteiger partial charge in [0, 0.05) is 14.8 Å². The van der Waals surface area contributed by atoms with Crippen molar-refractivity contribution in [2.75, 3.05) is 13.2 Å². The number of benzene rings is 2. The summed E-state index contributed by atoms with van der Waals surface area (Å²) in [6, 6.07) is 12.6. The average Bonchev–Trinajstić information content (AvgIpc) is 2.61. The largest absolute Gasteiger partial charge is 0.508 e. The van der Waals surface area contributed by atoms with E-state index in [-0.39, 0.29) is 5.75 Å². The lowest BCUT2D eigenvalue weighted by atomic mass is 9.94. The molecular formula is C18H23ClNO6PS. The summed E-state index contributed by atoms with van der Waals surface area (Å²) in [6.45, 7) is -0.902. The minimum Gasteiger partial charge on any atom is -0.508 e. The minimum atomic E-state index is -4.64. The van der Waals surface area contributed by atoms with Crippen molar-refractivity contribution in [1.82, 2.24) is 0 Å². The molecule has 1 unspecified atom stereocenters. The number of nitrogens with two attached hydrogens (primary N) is 1. The van der Waals surface area contributed by atoms with Gasteiger partial charge in [-0.3, -0.25) is 4.52 Å². The molecule has 0 aliphatic rings. The molecule has 2 aromatic carbocycles. The fourth-order valence-electron chi connectivity index (χ4n) is 2.52. The summed E-state index contributed by atoms with van der Waals surface area (Å²) in [4.78, 5) is 19.4. The zero-order valence-corrected chi connectivity index (χ0v) is 17.5. The summed E-state index contributed by atoms with van der Waals surface area (Å²) < 4.78 is 15.2. The number of aliphatic hydroxyl groups excluding tert-OH is 1. The highest BCUT2D eigenvalue weighted by Crippen LogP contribution is 2.37. The van der Waals surface area contributed by atoms with Crippen LogP contribution in [0.4, 0.5) is 0 Å². The smallest absolute Gasteiger partial charge is 0.469 e.